The first-order chi connectivity index (χ1) is 13.2. The van der Waals surface area contributed by atoms with Crippen molar-refractivity contribution in [2.24, 2.45) is 0 Å². The zero-order valence-corrected chi connectivity index (χ0v) is 15.1. The van der Waals surface area contributed by atoms with E-state index in [-0.39, 0.29) is 5.91 Å². The monoisotopic (exact) mass is 363 g/mol. The average Bonchev–Trinajstić information content (AvgIpc) is 3.24. The lowest BCUT2D eigenvalue weighted by Gasteiger charge is -2.34. The minimum atomic E-state index is -0.0737. The summed E-state index contributed by atoms with van der Waals surface area (Å²) in [6.45, 7) is 4.64. The molecule has 4 rings (SSSR count). The lowest BCUT2D eigenvalue weighted by atomic mass is 10.2. The van der Waals surface area contributed by atoms with Gasteiger partial charge in [0.1, 0.15) is 5.82 Å². The number of nitrogens with one attached hydrogen (secondary N) is 1. The van der Waals surface area contributed by atoms with E-state index in [1.807, 2.05) is 18.2 Å². The number of anilines is 3. The lowest BCUT2D eigenvalue weighted by molar-refractivity contribution is 0.0714. The average molecular weight is 363 g/mol. The number of furan rings is 1. The van der Waals surface area contributed by atoms with E-state index < -0.39 is 0 Å². The fraction of sp³-hybridized carbons (Fsp3) is 0.250. The van der Waals surface area contributed by atoms with E-state index in [2.05, 4.69) is 39.2 Å². The van der Waals surface area contributed by atoms with Crippen LogP contribution in [0.15, 0.2) is 59.3 Å². The van der Waals surface area contributed by atoms with Crippen LogP contribution in [-0.4, -0.2) is 47.0 Å². The number of rotatable bonds is 4. The third-order valence-electron chi connectivity index (χ3n) is 4.55. The maximum absolute atomic E-state index is 12.4. The molecule has 1 N–H and O–H groups in total. The molecule has 3 aromatic rings. The Morgan fingerprint density at radius 3 is 2.56 bits per heavy atom. The molecule has 0 atom stereocenters. The second-order valence-corrected chi connectivity index (χ2v) is 6.49. The van der Waals surface area contributed by atoms with Crippen LogP contribution in [0.3, 0.4) is 0 Å². The Morgan fingerprint density at radius 2 is 1.85 bits per heavy atom. The third-order valence-corrected chi connectivity index (χ3v) is 4.55. The molecule has 0 unspecified atom stereocenters. The molecule has 1 aliphatic rings. The number of carbonyl (C=O) groups excluding carboxylic acids is 1. The van der Waals surface area contributed by atoms with Crippen LogP contribution >= 0.6 is 0 Å². The van der Waals surface area contributed by atoms with Crippen LogP contribution in [0.2, 0.25) is 0 Å². The van der Waals surface area contributed by atoms with E-state index in [0.717, 1.165) is 11.5 Å². The van der Waals surface area contributed by atoms with Gasteiger partial charge in [0.05, 0.1) is 6.26 Å². The highest BCUT2D eigenvalue weighted by Gasteiger charge is 2.24. The van der Waals surface area contributed by atoms with Crippen molar-refractivity contribution >= 4 is 23.4 Å². The highest BCUT2D eigenvalue weighted by molar-refractivity contribution is 5.91. The molecule has 1 amide bonds. The van der Waals surface area contributed by atoms with Crippen molar-refractivity contribution in [3.05, 3.63) is 66.2 Å². The first-order valence-corrected chi connectivity index (χ1v) is 8.93. The summed E-state index contributed by atoms with van der Waals surface area (Å²) >= 11 is 0. The molecule has 7 nitrogen and oxygen atoms in total. The summed E-state index contributed by atoms with van der Waals surface area (Å²) in [6, 6.07) is 13.4. The van der Waals surface area contributed by atoms with Gasteiger partial charge in [0, 0.05) is 38.1 Å². The summed E-state index contributed by atoms with van der Waals surface area (Å²) < 4.78 is 5.20. The van der Waals surface area contributed by atoms with Gasteiger partial charge in [-0.3, -0.25) is 4.79 Å². The first kappa shape index (κ1) is 17.1. The minimum Gasteiger partial charge on any atom is -0.459 e. The van der Waals surface area contributed by atoms with Crippen LogP contribution in [0.1, 0.15) is 16.1 Å². The van der Waals surface area contributed by atoms with Gasteiger partial charge in [-0.25, -0.2) is 4.98 Å². The maximum Gasteiger partial charge on any atom is 0.289 e. The molecule has 0 radical (unpaired) electrons. The second-order valence-electron chi connectivity index (χ2n) is 6.49. The van der Waals surface area contributed by atoms with Gasteiger partial charge >= 0.3 is 0 Å². The Labute approximate surface area is 157 Å². The van der Waals surface area contributed by atoms with Crippen molar-refractivity contribution in [2.45, 2.75) is 6.92 Å². The molecule has 1 aromatic carbocycles. The van der Waals surface area contributed by atoms with Crippen molar-refractivity contribution in [1.29, 1.82) is 0 Å². The van der Waals surface area contributed by atoms with Gasteiger partial charge < -0.3 is 19.5 Å². The predicted octanol–water partition coefficient (Wildman–Crippen LogP) is 3.08. The van der Waals surface area contributed by atoms with Gasteiger partial charge in [-0.05, 0) is 37.3 Å². The van der Waals surface area contributed by atoms with E-state index >= 15 is 0 Å². The number of nitrogens with zero attached hydrogens (tertiary/aromatic N) is 4. The van der Waals surface area contributed by atoms with Crippen molar-refractivity contribution in [3.63, 3.8) is 0 Å². The molecule has 1 fully saturated rings. The summed E-state index contributed by atoms with van der Waals surface area (Å²) in [7, 11) is 0. The molecule has 0 aliphatic carbocycles. The first-order valence-electron chi connectivity index (χ1n) is 8.93. The van der Waals surface area contributed by atoms with Crippen LogP contribution in [0.5, 0.6) is 0 Å². The number of carbonyl (C=O) groups is 1. The maximum atomic E-state index is 12.4. The zero-order valence-electron chi connectivity index (χ0n) is 15.1. The van der Waals surface area contributed by atoms with Crippen LogP contribution in [0.4, 0.5) is 17.5 Å². The number of hydrogen-bond donors (Lipinski definition) is 1. The van der Waals surface area contributed by atoms with Crippen LogP contribution in [0.25, 0.3) is 0 Å². The molecule has 0 spiro atoms. The van der Waals surface area contributed by atoms with Crippen molar-refractivity contribution in [3.8, 4) is 0 Å². The molecule has 2 aromatic heterocycles. The summed E-state index contributed by atoms with van der Waals surface area (Å²) in [5, 5.41) is 3.30. The molecule has 7 heteroatoms. The number of aryl methyl sites for hydroxylation is 1. The van der Waals surface area contributed by atoms with Gasteiger partial charge in [-0.15, -0.1) is 0 Å². The molecular weight excluding hydrogens is 342 g/mol. The Hall–Kier alpha value is -3.35. The normalized spacial score (nSPS) is 14.3. The molecule has 1 aliphatic heterocycles. The fourth-order valence-corrected chi connectivity index (χ4v) is 3.02. The lowest BCUT2D eigenvalue weighted by Crippen LogP contribution is -2.49. The van der Waals surface area contributed by atoms with Gasteiger partial charge in [-0.2, -0.15) is 4.98 Å². The second kappa shape index (κ2) is 7.49. The quantitative estimate of drug-likeness (QED) is 0.768. The summed E-state index contributed by atoms with van der Waals surface area (Å²) in [5.74, 6) is 1.72. The molecule has 138 valence electrons. The van der Waals surface area contributed by atoms with E-state index in [1.165, 1.54) is 11.8 Å². The number of benzene rings is 1. The highest BCUT2D eigenvalue weighted by atomic mass is 16.3. The number of piperazine rings is 1. The van der Waals surface area contributed by atoms with Crippen molar-refractivity contribution < 1.29 is 9.21 Å². The van der Waals surface area contributed by atoms with E-state index in [9.17, 15) is 4.79 Å². The molecule has 27 heavy (non-hydrogen) atoms. The van der Waals surface area contributed by atoms with Crippen LogP contribution in [-0.2, 0) is 0 Å². The highest BCUT2D eigenvalue weighted by Crippen LogP contribution is 2.18. The van der Waals surface area contributed by atoms with Crippen LogP contribution < -0.4 is 10.2 Å². The fourth-order valence-electron chi connectivity index (χ4n) is 3.02. The van der Waals surface area contributed by atoms with Gasteiger partial charge in [0.2, 0.25) is 5.95 Å². The summed E-state index contributed by atoms with van der Waals surface area (Å²) in [5.41, 5.74) is 2.20. The smallest absolute Gasteiger partial charge is 0.289 e. The summed E-state index contributed by atoms with van der Waals surface area (Å²) in [4.78, 5) is 25.2. The van der Waals surface area contributed by atoms with Gasteiger partial charge in [-0.1, -0.05) is 17.7 Å². The summed E-state index contributed by atoms with van der Waals surface area (Å²) in [6.07, 6.45) is 3.27. The molecular formula is C20H21N5O2. The Kier molecular flexibility index (Phi) is 4.74. The zero-order chi connectivity index (χ0) is 18.6. The van der Waals surface area contributed by atoms with Gasteiger partial charge in [0.15, 0.2) is 5.76 Å². The minimum absolute atomic E-state index is 0.0737. The SMILES string of the molecule is Cc1ccc(Nc2ccnc(N3CCN(C(=O)c4ccco4)CC3)n2)cc1. The molecule has 3 heterocycles. The number of aromatic nitrogens is 2. The molecule has 1 saturated heterocycles. The Bertz CT molecular complexity index is 900. The van der Waals surface area contributed by atoms with E-state index in [4.69, 9.17) is 4.42 Å². The number of amides is 1. The topological polar surface area (TPSA) is 74.5 Å². The van der Waals surface area contributed by atoms with Gasteiger partial charge in [0.25, 0.3) is 5.91 Å². The number of hydrogen-bond acceptors (Lipinski definition) is 6. The predicted molar refractivity (Wildman–Crippen MR) is 103 cm³/mol. The largest absolute Gasteiger partial charge is 0.459 e. The van der Waals surface area contributed by atoms with Crippen LogP contribution in [0, 0.1) is 6.92 Å². The van der Waals surface area contributed by atoms with E-state index in [1.54, 1.807) is 23.2 Å². The third kappa shape index (κ3) is 3.92. The van der Waals surface area contributed by atoms with Crippen molar-refractivity contribution in [2.75, 3.05) is 36.4 Å². The molecule has 0 bridgehead atoms. The Balaban J connectivity index is 1.40. The Morgan fingerprint density at radius 1 is 1.07 bits per heavy atom. The standard InChI is InChI=1S/C20H21N5O2/c1-15-4-6-16(7-5-15)22-18-8-9-21-20(23-18)25-12-10-24(11-13-25)19(26)17-3-2-14-27-17/h2-9,14H,10-13H2,1H3,(H,21,22,23). The molecule has 0 saturated carbocycles. The van der Waals surface area contributed by atoms with Crippen molar-refractivity contribution in [1.82, 2.24) is 14.9 Å². The van der Waals surface area contributed by atoms with E-state index in [0.29, 0.717) is 37.9 Å².